The van der Waals surface area contributed by atoms with Crippen LogP contribution < -0.4 is 0 Å². The number of hydrogen-bond acceptors (Lipinski definition) is 4. The van der Waals surface area contributed by atoms with Gasteiger partial charge in [0.1, 0.15) is 5.01 Å². The Morgan fingerprint density at radius 3 is 3.11 bits per heavy atom. The standard InChI is InChI=1S/C15H20N2OS/c18-10-4-6-12-5-3-9-17(12)11-15-16-13-7-1-2-8-14(13)19-15/h1-2,7-8,12,18H,3-6,9-11H2. The molecule has 2 aromatic rings. The Kier molecular flexibility index (Phi) is 4.11. The minimum Gasteiger partial charge on any atom is -0.396 e. The normalized spacial score (nSPS) is 20.4. The molecule has 1 aliphatic heterocycles. The van der Waals surface area contributed by atoms with Crippen molar-refractivity contribution in [2.75, 3.05) is 13.2 Å². The van der Waals surface area contributed by atoms with Crippen LogP contribution in [0.15, 0.2) is 24.3 Å². The smallest absolute Gasteiger partial charge is 0.108 e. The summed E-state index contributed by atoms with van der Waals surface area (Å²) in [6.07, 6.45) is 4.58. The molecule has 0 radical (unpaired) electrons. The number of aliphatic hydroxyl groups is 1. The van der Waals surface area contributed by atoms with E-state index in [9.17, 15) is 0 Å². The highest BCUT2D eigenvalue weighted by molar-refractivity contribution is 7.18. The molecule has 3 nitrogen and oxygen atoms in total. The van der Waals surface area contributed by atoms with E-state index >= 15 is 0 Å². The number of thiazole rings is 1. The molecule has 1 saturated heterocycles. The Bertz CT molecular complexity index is 507. The minimum absolute atomic E-state index is 0.311. The van der Waals surface area contributed by atoms with Crippen LogP contribution in [0.2, 0.25) is 0 Å². The van der Waals surface area contributed by atoms with Crippen molar-refractivity contribution < 1.29 is 5.11 Å². The van der Waals surface area contributed by atoms with Crippen molar-refractivity contribution in [1.82, 2.24) is 9.88 Å². The first-order valence-electron chi connectivity index (χ1n) is 7.06. The maximum Gasteiger partial charge on any atom is 0.108 e. The zero-order valence-corrected chi connectivity index (χ0v) is 11.9. The van der Waals surface area contributed by atoms with Crippen LogP contribution in [0.25, 0.3) is 10.2 Å². The van der Waals surface area contributed by atoms with Gasteiger partial charge in [0.2, 0.25) is 0 Å². The first kappa shape index (κ1) is 13.0. The van der Waals surface area contributed by atoms with Crippen molar-refractivity contribution in [3.05, 3.63) is 29.3 Å². The van der Waals surface area contributed by atoms with Crippen molar-refractivity contribution >= 4 is 21.6 Å². The zero-order valence-electron chi connectivity index (χ0n) is 11.1. The molecule has 0 spiro atoms. The Balaban J connectivity index is 1.69. The third kappa shape index (κ3) is 2.96. The third-order valence-electron chi connectivity index (χ3n) is 3.87. The van der Waals surface area contributed by atoms with Crippen LogP contribution in [0.5, 0.6) is 0 Å². The van der Waals surface area contributed by atoms with Crippen LogP contribution in [0.3, 0.4) is 0 Å². The fraction of sp³-hybridized carbons (Fsp3) is 0.533. The van der Waals surface area contributed by atoms with Crippen LogP contribution in [0, 0.1) is 0 Å². The number of aromatic nitrogens is 1. The average molecular weight is 276 g/mol. The van der Waals surface area contributed by atoms with Gasteiger partial charge in [0, 0.05) is 12.6 Å². The number of para-hydroxylation sites is 1. The lowest BCUT2D eigenvalue weighted by atomic mass is 10.1. The maximum absolute atomic E-state index is 8.97. The summed E-state index contributed by atoms with van der Waals surface area (Å²) in [4.78, 5) is 7.25. The molecule has 1 aromatic carbocycles. The minimum atomic E-state index is 0.311. The summed E-state index contributed by atoms with van der Waals surface area (Å²) in [5, 5.41) is 10.2. The van der Waals surface area contributed by atoms with E-state index in [0.717, 1.165) is 24.9 Å². The van der Waals surface area contributed by atoms with Gasteiger partial charge in [-0.3, -0.25) is 4.90 Å². The zero-order chi connectivity index (χ0) is 13.1. The molecule has 19 heavy (non-hydrogen) atoms. The molecule has 102 valence electrons. The van der Waals surface area contributed by atoms with E-state index in [1.165, 1.54) is 29.1 Å². The van der Waals surface area contributed by atoms with Crippen LogP contribution in [-0.2, 0) is 6.54 Å². The summed E-state index contributed by atoms with van der Waals surface area (Å²) in [6, 6.07) is 8.99. The predicted octanol–water partition coefficient (Wildman–Crippen LogP) is 3.03. The van der Waals surface area contributed by atoms with E-state index in [2.05, 4.69) is 23.1 Å². The average Bonchev–Trinajstić information content (AvgIpc) is 3.02. The highest BCUT2D eigenvalue weighted by atomic mass is 32.1. The van der Waals surface area contributed by atoms with Gasteiger partial charge in [0.05, 0.1) is 16.8 Å². The Labute approximate surface area is 117 Å². The summed E-state index contributed by atoms with van der Waals surface area (Å²) in [6.45, 7) is 2.45. The van der Waals surface area contributed by atoms with E-state index in [1.54, 1.807) is 0 Å². The van der Waals surface area contributed by atoms with E-state index in [-0.39, 0.29) is 0 Å². The first-order chi connectivity index (χ1) is 9.36. The molecule has 3 rings (SSSR count). The van der Waals surface area contributed by atoms with Gasteiger partial charge in [-0.25, -0.2) is 4.98 Å². The van der Waals surface area contributed by atoms with Gasteiger partial charge in [0.25, 0.3) is 0 Å². The lowest BCUT2D eigenvalue weighted by Gasteiger charge is -2.22. The molecule has 1 N–H and O–H groups in total. The molecular weight excluding hydrogens is 256 g/mol. The van der Waals surface area contributed by atoms with Gasteiger partial charge in [-0.1, -0.05) is 12.1 Å². The second-order valence-corrected chi connectivity index (χ2v) is 6.32. The molecule has 0 saturated carbocycles. The Morgan fingerprint density at radius 2 is 2.26 bits per heavy atom. The summed E-state index contributed by atoms with van der Waals surface area (Å²) in [7, 11) is 0. The number of nitrogens with zero attached hydrogens (tertiary/aromatic N) is 2. The maximum atomic E-state index is 8.97. The Morgan fingerprint density at radius 1 is 1.37 bits per heavy atom. The quantitative estimate of drug-likeness (QED) is 0.912. The van der Waals surface area contributed by atoms with Crippen molar-refractivity contribution in [1.29, 1.82) is 0 Å². The molecule has 1 fully saturated rings. The summed E-state index contributed by atoms with van der Waals surface area (Å²) in [5.41, 5.74) is 1.12. The van der Waals surface area contributed by atoms with Crippen LogP contribution in [0.4, 0.5) is 0 Å². The molecule has 0 amide bonds. The predicted molar refractivity (Wildman–Crippen MR) is 79.4 cm³/mol. The van der Waals surface area contributed by atoms with Gasteiger partial charge < -0.3 is 5.11 Å². The molecule has 1 aliphatic rings. The summed E-state index contributed by atoms with van der Waals surface area (Å²) in [5.74, 6) is 0. The van der Waals surface area contributed by atoms with Crippen molar-refractivity contribution in [2.45, 2.75) is 38.3 Å². The van der Waals surface area contributed by atoms with Gasteiger partial charge in [-0.05, 0) is 44.4 Å². The Hall–Kier alpha value is -0.970. The molecule has 0 aliphatic carbocycles. The molecule has 1 atom stereocenters. The second kappa shape index (κ2) is 5.99. The fourth-order valence-corrected chi connectivity index (χ4v) is 3.91. The number of rotatable bonds is 5. The van der Waals surface area contributed by atoms with Crippen molar-refractivity contribution in [2.24, 2.45) is 0 Å². The monoisotopic (exact) mass is 276 g/mol. The second-order valence-electron chi connectivity index (χ2n) is 5.21. The van der Waals surface area contributed by atoms with Crippen LogP contribution in [-0.4, -0.2) is 34.2 Å². The van der Waals surface area contributed by atoms with Gasteiger partial charge >= 0.3 is 0 Å². The highest BCUT2D eigenvalue weighted by Crippen LogP contribution is 2.27. The van der Waals surface area contributed by atoms with E-state index in [1.807, 2.05) is 17.4 Å². The van der Waals surface area contributed by atoms with Crippen LogP contribution in [0.1, 0.15) is 30.7 Å². The largest absolute Gasteiger partial charge is 0.396 e. The lowest BCUT2D eigenvalue weighted by molar-refractivity contribution is 0.210. The lowest BCUT2D eigenvalue weighted by Crippen LogP contribution is -2.28. The summed E-state index contributed by atoms with van der Waals surface area (Å²) < 4.78 is 1.28. The number of hydrogen-bond donors (Lipinski definition) is 1. The molecule has 4 heteroatoms. The highest BCUT2D eigenvalue weighted by Gasteiger charge is 2.24. The number of likely N-dealkylation sites (tertiary alicyclic amines) is 1. The third-order valence-corrected chi connectivity index (χ3v) is 4.89. The van der Waals surface area contributed by atoms with Crippen LogP contribution >= 0.6 is 11.3 Å². The topological polar surface area (TPSA) is 36.4 Å². The van der Waals surface area contributed by atoms with E-state index in [4.69, 9.17) is 10.1 Å². The van der Waals surface area contributed by atoms with Crippen molar-refractivity contribution in [3.63, 3.8) is 0 Å². The van der Waals surface area contributed by atoms with E-state index in [0.29, 0.717) is 12.6 Å². The summed E-state index contributed by atoms with van der Waals surface area (Å²) >= 11 is 1.81. The van der Waals surface area contributed by atoms with Gasteiger partial charge in [0.15, 0.2) is 0 Å². The fourth-order valence-electron chi connectivity index (χ4n) is 2.92. The molecule has 0 bridgehead atoms. The van der Waals surface area contributed by atoms with E-state index < -0.39 is 0 Å². The molecule has 1 unspecified atom stereocenters. The SMILES string of the molecule is OCCCC1CCCN1Cc1nc2ccccc2s1. The first-order valence-corrected chi connectivity index (χ1v) is 7.88. The van der Waals surface area contributed by atoms with Gasteiger partial charge in [-0.15, -0.1) is 11.3 Å². The van der Waals surface area contributed by atoms with Gasteiger partial charge in [-0.2, -0.15) is 0 Å². The molecule has 1 aromatic heterocycles. The number of benzene rings is 1. The number of aliphatic hydroxyl groups excluding tert-OH is 1. The molecular formula is C15H20N2OS. The number of fused-ring (bicyclic) bond motifs is 1. The van der Waals surface area contributed by atoms with Crippen molar-refractivity contribution in [3.8, 4) is 0 Å². The molecule has 2 heterocycles.